The van der Waals surface area contributed by atoms with Crippen LogP contribution in [0.4, 0.5) is 0 Å². The van der Waals surface area contributed by atoms with Crippen molar-refractivity contribution in [2.24, 2.45) is 0 Å². The second-order valence-corrected chi connectivity index (χ2v) is 5.69. The van der Waals surface area contributed by atoms with Gasteiger partial charge in [0.05, 0.1) is 5.56 Å². The summed E-state index contributed by atoms with van der Waals surface area (Å²) in [5.41, 5.74) is 0.947. The number of carbonyl (C=O) groups excluding carboxylic acids is 1. The van der Waals surface area contributed by atoms with Gasteiger partial charge in [-0.05, 0) is 24.6 Å². The summed E-state index contributed by atoms with van der Waals surface area (Å²) in [5, 5.41) is 11.7. The molecule has 1 N–H and O–H groups in total. The van der Waals surface area contributed by atoms with Crippen LogP contribution in [-0.2, 0) is 9.78 Å². The average molecular weight is 350 g/mol. The van der Waals surface area contributed by atoms with Crippen molar-refractivity contribution < 1.29 is 19.8 Å². The van der Waals surface area contributed by atoms with Crippen LogP contribution in [0.5, 0.6) is 0 Å². The van der Waals surface area contributed by atoms with Gasteiger partial charge in [0, 0.05) is 17.1 Å². The van der Waals surface area contributed by atoms with Crippen LogP contribution in [0.15, 0.2) is 54.6 Å². The van der Waals surface area contributed by atoms with E-state index in [9.17, 15) is 10.0 Å². The monoisotopic (exact) mass is 349 g/mol. The Bertz CT molecular complexity index is 650. The molecule has 0 bridgehead atoms. The first-order chi connectivity index (χ1) is 11.6. The molecule has 2 aromatic rings. The number of hydroxylamine groups is 2. The first-order valence-electron chi connectivity index (χ1n) is 7.75. The summed E-state index contributed by atoms with van der Waals surface area (Å²) in [5.74, 6) is -0.678. The van der Waals surface area contributed by atoms with Gasteiger partial charge in [0.2, 0.25) is 6.23 Å². The van der Waals surface area contributed by atoms with Crippen molar-refractivity contribution in [3.63, 3.8) is 0 Å². The van der Waals surface area contributed by atoms with E-state index in [1.807, 2.05) is 25.1 Å². The highest BCUT2D eigenvalue weighted by atomic mass is 35.5. The largest absolute Gasteiger partial charge is 0.373 e. The molecule has 128 valence electrons. The fourth-order valence-corrected chi connectivity index (χ4v) is 2.28. The van der Waals surface area contributed by atoms with Crippen molar-refractivity contribution in [2.45, 2.75) is 26.0 Å². The first-order valence-corrected chi connectivity index (χ1v) is 8.13. The van der Waals surface area contributed by atoms with Crippen LogP contribution >= 0.6 is 11.6 Å². The smallest absolute Gasteiger partial charge is 0.311 e. The van der Waals surface area contributed by atoms with E-state index in [2.05, 4.69) is 0 Å². The van der Waals surface area contributed by atoms with Crippen LogP contribution in [0.25, 0.3) is 0 Å². The molecule has 0 saturated carbocycles. The lowest BCUT2D eigenvalue weighted by Crippen LogP contribution is -2.29. The Labute approximate surface area is 146 Å². The van der Waals surface area contributed by atoms with Crippen LogP contribution < -0.4 is 0 Å². The number of unbranched alkanes of at least 4 members (excludes halogenated alkanes) is 1. The molecule has 0 aromatic heterocycles. The topological polar surface area (TPSA) is 59.0 Å². The SMILES string of the molecule is CCCCN(O)C(OOC(=O)c1cccc(Cl)c1)c1ccccc1. The van der Waals surface area contributed by atoms with Crippen LogP contribution in [-0.4, -0.2) is 22.8 Å². The van der Waals surface area contributed by atoms with E-state index in [0.29, 0.717) is 17.1 Å². The minimum Gasteiger partial charge on any atom is -0.311 e. The summed E-state index contributed by atoms with van der Waals surface area (Å²) < 4.78 is 0. The summed E-state index contributed by atoms with van der Waals surface area (Å²) >= 11 is 5.86. The van der Waals surface area contributed by atoms with E-state index < -0.39 is 12.2 Å². The maximum atomic E-state index is 12.1. The van der Waals surface area contributed by atoms with Crippen molar-refractivity contribution in [3.05, 3.63) is 70.7 Å². The van der Waals surface area contributed by atoms with Gasteiger partial charge >= 0.3 is 5.97 Å². The number of rotatable bonds is 8. The maximum absolute atomic E-state index is 12.1. The number of hydrogen-bond acceptors (Lipinski definition) is 5. The Kier molecular flexibility index (Phi) is 7.21. The zero-order valence-electron chi connectivity index (χ0n) is 13.4. The molecule has 5 nitrogen and oxygen atoms in total. The van der Waals surface area contributed by atoms with Crippen molar-refractivity contribution in [3.8, 4) is 0 Å². The molecule has 0 fully saturated rings. The molecule has 1 unspecified atom stereocenters. The molecule has 0 radical (unpaired) electrons. The molecule has 24 heavy (non-hydrogen) atoms. The van der Waals surface area contributed by atoms with Gasteiger partial charge in [-0.2, -0.15) is 9.95 Å². The average Bonchev–Trinajstić information content (AvgIpc) is 2.60. The third kappa shape index (κ3) is 5.32. The minimum absolute atomic E-state index is 0.271. The van der Waals surface area contributed by atoms with E-state index in [1.165, 1.54) is 6.07 Å². The van der Waals surface area contributed by atoms with E-state index in [0.717, 1.165) is 17.9 Å². The molecular weight excluding hydrogens is 330 g/mol. The van der Waals surface area contributed by atoms with Gasteiger partial charge in [-0.15, -0.1) is 0 Å². The number of nitrogens with zero attached hydrogens (tertiary/aromatic N) is 1. The molecule has 0 aliphatic rings. The molecule has 1 atom stereocenters. The summed E-state index contributed by atoms with van der Waals surface area (Å²) in [6.07, 6.45) is 0.799. The van der Waals surface area contributed by atoms with Crippen molar-refractivity contribution in [1.82, 2.24) is 5.06 Å². The summed E-state index contributed by atoms with van der Waals surface area (Å²) in [7, 11) is 0. The highest BCUT2D eigenvalue weighted by molar-refractivity contribution is 6.30. The van der Waals surface area contributed by atoms with E-state index >= 15 is 0 Å². The van der Waals surface area contributed by atoms with Gasteiger partial charge in [0.25, 0.3) is 0 Å². The Morgan fingerprint density at radius 3 is 2.62 bits per heavy atom. The summed E-state index contributed by atoms with van der Waals surface area (Å²) in [6.45, 7) is 2.41. The van der Waals surface area contributed by atoms with Crippen LogP contribution in [0, 0.1) is 0 Å². The van der Waals surface area contributed by atoms with E-state index in [-0.39, 0.29) is 5.56 Å². The second kappa shape index (κ2) is 9.39. The zero-order valence-corrected chi connectivity index (χ0v) is 14.1. The van der Waals surface area contributed by atoms with Crippen molar-refractivity contribution in [1.29, 1.82) is 0 Å². The lowest BCUT2D eigenvalue weighted by atomic mass is 10.2. The quantitative estimate of drug-likeness (QED) is 0.428. The van der Waals surface area contributed by atoms with E-state index in [4.69, 9.17) is 21.4 Å². The number of hydrogen-bond donors (Lipinski definition) is 1. The first kappa shape index (κ1) is 18.4. The number of benzene rings is 2. The van der Waals surface area contributed by atoms with Crippen LogP contribution in [0.1, 0.15) is 41.9 Å². The molecule has 2 aromatic carbocycles. The summed E-state index contributed by atoms with van der Waals surface area (Å²) in [6, 6.07) is 15.4. The molecule has 0 saturated heterocycles. The molecule has 6 heteroatoms. The lowest BCUT2D eigenvalue weighted by Gasteiger charge is -2.24. The molecule has 0 aliphatic heterocycles. The molecule has 2 rings (SSSR count). The third-order valence-electron chi connectivity index (χ3n) is 3.37. The Balaban J connectivity index is 2.06. The predicted octanol–water partition coefficient (Wildman–Crippen LogP) is 4.62. The van der Waals surface area contributed by atoms with Gasteiger partial charge in [-0.3, -0.25) is 4.89 Å². The van der Waals surface area contributed by atoms with Gasteiger partial charge in [-0.1, -0.05) is 61.3 Å². The van der Waals surface area contributed by atoms with Crippen LogP contribution in [0.3, 0.4) is 0 Å². The number of carbonyl (C=O) groups is 1. The Morgan fingerprint density at radius 2 is 1.96 bits per heavy atom. The Hall–Kier alpha value is -1.92. The Morgan fingerprint density at radius 1 is 1.21 bits per heavy atom. The molecule has 0 heterocycles. The fourth-order valence-electron chi connectivity index (χ4n) is 2.09. The van der Waals surface area contributed by atoms with Gasteiger partial charge < -0.3 is 5.21 Å². The number of halogens is 1. The van der Waals surface area contributed by atoms with Gasteiger partial charge in [0.15, 0.2) is 0 Å². The highest BCUT2D eigenvalue weighted by Gasteiger charge is 2.22. The summed E-state index contributed by atoms with van der Waals surface area (Å²) in [4.78, 5) is 22.2. The predicted molar refractivity (Wildman–Crippen MR) is 90.5 cm³/mol. The van der Waals surface area contributed by atoms with Crippen molar-refractivity contribution in [2.75, 3.05) is 6.54 Å². The molecular formula is C18H20ClNO4. The third-order valence-corrected chi connectivity index (χ3v) is 3.61. The van der Waals surface area contributed by atoms with Gasteiger partial charge in [0.1, 0.15) is 0 Å². The van der Waals surface area contributed by atoms with Crippen molar-refractivity contribution >= 4 is 17.6 Å². The molecule has 0 aliphatic carbocycles. The lowest BCUT2D eigenvalue weighted by molar-refractivity contribution is -0.357. The van der Waals surface area contributed by atoms with E-state index in [1.54, 1.807) is 30.3 Å². The standard InChI is InChI=1S/C18H20ClNO4/c1-2-3-12-20(22)17(14-8-5-4-6-9-14)23-24-18(21)15-10-7-11-16(19)13-15/h4-11,13,17,22H,2-3,12H2,1H3. The molecule has 0 spiro atoms. The fraction of sp³-hybridized carbons (Fsp3) is 0.278. The highest BCUT2D eigenvalue weighted by Crippen LogP contribution is 2.22. The van der Waals surface area contributed by atoms with Gasteiger partial charge in [-0.25, -0.2) is 4.79 Å². The second-order valence-electron chi connectivity index (χ2n) is 5.26. The normalized spacial score (nSPS) is 12.2. The minimum atomic E-state index is -0.902. The van der Waals surface area contributed by atoms with Crippen LogP contribution in [0.2, 0.25) is 5.02 Å². The zero-order chi connectivity index (χ0) is 17.4. The maximum Gasteiger partial charge on any atom is 0.373 e. The molecule has 0 amide bonds.